The zero-order valence-corrected chi connectivity index (χ0v) is 19.4. The third kappa shape index (κ3) is 3.13. The summed E-state index contributed by atoms with van der Waals surface area (Å²) in [6.07, 6.45) is 0. The fraction of sp³-hybridized carbons (Fsp3) is 0.231. The van der Waals surface area contributed by atoms with Crippen molar-refractivity contribution in [3.05, 3.63) is 88.1 Å². The monoisotopic (exact) mass is 474 g/mol. The number of carbonyl (C=O) groups excluding carboxylic acids is 4. The smallest absolute Gasteiger partial charge is 0.331 e. The van der Waals surface area contributed by atoms with E-state index in [0.717, 1.165) is 9.78 Å². The maximum Gasteiger partial charge on any atom is 0.331 e. The molecule has 0 unspecified atom stereocenters. The van der Waals surface area contributed by atoms with Gasteiger partial charge in [0.25, 0.3) is 0 Å². The first-order valence-corrected chi connectivity index (χ1v) is 11.7. The van der Waals surface area contributed by atoms with Crippen LogP contribution in [0.1, 0.15) is 33.8 Å². The molecule has 3 heterocycles. The lowest BCUT2D eigenvalue weighted by atomic mass is 9.75. The average Bonchev–Trinajstić information content (AvgIpc) is 3.56. The standard InChI is InChI=1S/C26H22N2O5S/c1-15(29)16-8-6-11-18(14-16)28-23(30)20-21(24(28)31)26(25(32)33-2,17-9-4-3-5-10-17)27-22(20)19-12-7-13-34-19/h3-14,20-22,27H,1-2H3/t20-,21-,22-,26-/m1/s1. The second-order valence-electron chi connectivity index (χ2n) is 8.42. The summed E-state index contributed by atoms with van der Waals surface area (Å²) in [4.78, 5) is 55.1. The third-order valence-electron chi connectivity index (χ3n) is 6.66. The fourth-order valence-corrected chi connectivity index (χ4v) is 5.99. The van der Waals surface area contributed by atoms with Gasteiger partial charge in [-0.15, -0.1) is 11.3 Å². The van der Waals surface area contributed by atoms with Crippen molar-refractivity contribution in [3.8, 4) is 0 Å². The van der Waals surface area contributed by atoms with E-state index in [4.69, 9.17) is 4.74 Å². The van der Waals surface area contributed by atoms with Crippen LogP contribution in [0.4, 0.5) is 5.69 Å². The molecule has 8 heteroatoms. The fourth-order valence-electron chi connectivity index (χ4n) is 5.17. The zero-order chi connectivity index (χ0) is 24.0. The van der Waals surface area contributed by atoms with E-state index in [0.29, 0.717) is 16.8 Å². The number of hydrogen-bond acceptors (Lipinski definition) is 7. The van der Waals surface area contributed by atoms with E-state index in [1.807, 2.05) is 23.6 Å². The maximum atomic E-state index is 14.0. The Hall–Kier alpha value is -3.62. The summed E-state index contributed by atoms with van der Waals surface area (Å²) in [5, 5.41) is 5.24. The molecule has 0 radical (unpaired) electrons. The SMILES string of the molecule is COC(=O)[C@]1(c2ccccc2)N[C@H](c2cccs2)[C@@H]2C(=O)N(c3cccc(C(C)=O)c3)C(=O)[C@@H]21. The summed E-state index contributed by atoms with van der Waals surface area (Å²) in [7, 11) is 1.28. The minimum atomic E-state index is -1.55. The normalized spacial score (nSPS) is 25.9. The number of Topliss-reactive ketones (excluding diaryl/α,β-unsaturated/α-hetero) is 1. The van der Waals surface area contributed by atoms with Crippen molar-refractivity contribution in [1.29, 1.82) is 0 Å². The van der Waals surface area contributed by atoms with Crippen LogP contribution in [-0.4, -0.2) is 30.7 Å². The molecular formula is C26H22N2O5S. The molecule has 3 aromatic rings. The molecule has 0 spiro atoms. The number of ketones is 1. The molecule has 34 heavy (non-hydrogen) atoms. The minimum Gasteiger partial charge on any atom is -0.467 e. The van der Waals surface area contributed by atoms with Crippen molar-refractivity contribution in [3.63, 3.8) is 0 Å². The van der Waals surface area contributed by atoms with Gasteiger partial charge in [0, 0.05) is 10.4 Å². The number of hydrogen-bond donors (Lipinski definition) is 1. The summed E-state index contributed by atoms with van der Waals surface area (Å²) in [5.74, 6) is -3.57. The summed E-state index contributed by atoms with van der Waals surface area (Å²) in [6.45, 7) is 1.43. The molecule has 0 aliphatic carbocycles. The largest absolute Gasteiger partial charge is 0.467 e. The van der Waals surface area contributed by atoms with Gasteiger partial charge in [-0.3, -0.25) is 19.7 Å². The Bertz CT molecular complexity index is 1290. The lowest BCUT2D eigenvalue weighted by molar-refractivity contribution is -0.152. The molecule has 4 atom stereocenters. The van der Waals surface area contributed by atoms with Crippen LogP contribution >= 0.6 is 11.3 Å². The van der Waals surface area contributed by atoms with Gasteiger partial charge in [-0.05, 0) is 36.1 Å². The van der Waals surface area contributed by atoms with Crippen molar-refractivity contribution in [2.45, 2.75) is 18.5 Å². The molecule has 1 aromatic heterocycles. The number of rotatable bonds is 5. The van der Waals surface area contributed by atoms with Gasteiger partial charge in [-0.2, -0.15) is 0 Å². The summed E-state index contributed by atoms with van der Waals surface area (Å²) in [6, 6.07) is 18.5. The maximum absolute atomic E-state index is 14.0. The van der Waals surface area contributed by atoms with Crippen molar-refractivity contribution in [2.75, 3.05) is 12.0 Å². The Morgan fingerprint density at radius 2 is 1.76 bits per heavy atom. The van der Waals surface area contributed by atoms with E-state index in [1.54, 1.807) is 42.5 Å². The first-order valence-electron chi connectivity index (χ1n) is 10.8. The van der Waals surface area contributed by atoms with E-state index in [1.165, 1.54) is 31.4 Å². The molecule has 2 saturated heterocycles. The molecule has 172 valence electrons. The Morgan fingerprint density at radius 3 is 2.41 bits per heavy atom. The van der Waals surface area contributed by atoms with Gasteiger partial charge in [0.05, 0.1) is 30.7 Å². The average molecular weight is 475 g/mol. The number of amides is 2. The number of imide groups is 1. The van der Waals surface area contributed by atoms with Crippen molar-refractivity contribution in [2.24, 2.45) is 11.8 Å². The summed E-state index contributed by atoms with van der Waals surface area (Å²) < 4.78 is 5.22. The zero-order valence-electron chi connectivity index (χ0n) is 18.6. The third-order valence-corrected chi connectivity index (χ3v) is 7.61. The summed E-state index contributed by atoms with van der Waals surface area (Å²) in [5.41, 5.74) is -0.287. The second kappa shape index (κ2) is 8.30. The highest BCUT2D eigenvalue weighted by Crippen LogP contribution is 2.54. The van der Waals surface area contributed by atoms with Crippen LogP contribution in [0.15, 0.2) is 72.1 Å². The number of nitrogens with zero attached hydrogens (tertiary/aromatic N) is 1. The lowest BCUT2D eigenvalue weighted by Crippen LogP contribution is -2.53. The number of anilines is 1. The molecule has 5 rings (SSSR count). The number of fused-ring (bicyclic) bond motifs is 1. The van der Waals surface area contributed by atoms with Crippen LogP contribution in [0.5, 0.6) is 0 Å². The Morgan fingerprint density at radius 1 is 1.00 bits per heavy atom. The van der Waals surface area contributed by atoms with Gasteiger partial charge in [0.2, 0.25) is 11.8 Å². The van der Waals surface area contributed by atoms with E-state index in [9.17, 15) is 19.2 Å². The van der Waals surface area contributed by atoms with Gasteiger partial charge in [0.1, 0.15) is 0 Å². The quantitative estimate of drug-likeness (QED) is 0.346. The minimum absolute atomic E-state index is 0.174. The Labute approximate surface area is 200 Å². The number of thiophene rings is 1. The highest BCUT2D eigenvalue weighted by molar-refractivity contribution is 7.10. The molecule has 2 aromatic carbocycles. The van der Waals surface area contributed by atoms with E-state index in [-0.39, 0.29) is 5.78 Å². The van der Waals surface area contributed by atoms with Crippen LogP contribution in [0, 0.1) is 11.8 Å². The molecule has 2 aliphatic heterocycles. The van der Waals surface area contributed by atoms with Crippen LogP contribution in [0.3, 0.4) is 0 Å². The predicted molar refractivity (Wildman–Crippen MR) is 126 cm³/mol. The van der Waals surface area contributed by atoms with E-state index in [2.05, 4.69) is 5.32 Å². The first-order chi connectivity index (χ1) is 16.4. The van der Waals surface area contributed by atoms with Gasteiger partial charge in [-0.1, -0.05) is 48.5 Å². The van der Waals surface area contributed by atoms with Crippen LogP contribution < -0.4 is 10.2 Å². The van der Waals surface area contributed by atoms with Crippen LogP contribution in [-0.2, 0) is 24.7 Å². The number of ether oxygens (including phenoxy) is 1. The number of methoxy groups -OCH3 is 1. The molecule has 2 amide bonds. The topological polar surface area (TPSA) is 92.8 Å². The van der Waals surface area contributed by atoms with Crippen LogP contribution in [0.2, 0.25) is 0 Å². The number of carbonyl (C=O) groups is 4. The number of esters is 1. The van der Waals surface area contributed by atoms with E-state index < -0.39 is 41.2 Å². The van der Waals surface area contributed by atoms with Gasteiger partial charge >= 0.3 is 5.97 Å². The molecule has 1 N–H and O–H groups in total. The highest BCUT2D eigenvalue weighted by Gasteiger charge is 2.69. The molecule has 0 saturated carbocycles. The second-order valence-corrected chi connectivity index (χ2v) is 9.40. The Kier molecular flexibility index (Phi) is 5.42. The number of nitrogens with one attached hydrogen (secondary N) is 1. The highest BCUT2D eigenvalue weighted by atomic mass is 32.1. The predicted octanol–water partition coefficient (Wildman–Crippen LogP) is 3.47. The molecule has 7 nitrogen and oxygen atoms in total. The molecular weight excluding hydrogens is 452 g/mol. The molecule has 2 fully saturated rings. The first kappa shape index (κ1) is 22.2. The van der Waals surface area contributed by atoms with E-state index >= 15 is 0 Å². The van der Waals surface area contributed by atoms with Crippen molar-refractivity contribution in [1.82, 2.24) is 5.32 Å². The lowest BCUT2D eigenvalue weighted by Gasteiger charge is -2.32. The number of benzene rings is 2. The van der Waals surface area contributed by atoms with Gasteiger partial charge in [-0.25, -0.2) is 9.69 Å². The van der Waals surface area contributed by atoms with Crippen LogP contribution in [0.25, 0.3) is 0 Å². The van der Waals surface area contributed by atoms with Crippen molar-refractivity contribution < 1.29 is 23.9 Å². The Balaban J connectivity index is 1.71. The van der Waals surface area contributed by atoms with Gasteiger partial charge in [0.15, 0.2) is 11.3 Å². The molecule has 0 bridgehead atoms. The molecule has 2 aliphatic rings. The van der Waals surface area contributed by atoms with Gasteiger partial charge < -0.3 is 4.74 Å². The summed E-state index contributed by atoms with van der Waals surface area (Å²) >= 11 is 1.45. The van der Waals surface area contributed by atoms with Crippen molar-refractivity contribution >= 4 is 40.6 Å².